The van der Waals surface area contributed by atoms with E-state index in [1.807, 2.05) is 6.92 Å². The molecule has 0 atom stereocenters. The average molecular weight is 356 g/mol. The Hall–Kier alpha value is -2.02. The molecule has 0 aliphatic rings. The van der Waals surface area contributed by atoms with Gasteiger partial charge < -0.3 is 10.6 Å². The molecule has 1 heterocycles. The summed E-state index contributed by atoms with van der Waals surface area (Å²) in [4.78, 5) is 16.3. The molecule has 0 aliphatic carbocycles. The Balaban J connectivity index is 2.31. The van der Waals surface area contributed by atoms with Crippen LogP contribution in [0.1, 0.15) is 17.3 Å². The van der Waals surface area contributed by atoms with Crippen LogP contribution in [0.4, 0.5) is 20.3 Å². The predicted molar refractivity (Wildman–Crippen MR) is 80.4 cm³/mol. The Morgan fingerprint density at radius 3 is 2.81 bits per heavy atom. The lowest BCUT2D eigenvalue weighted by Gasteiger charge is -2.11. The van der Waals surface area contributed by atoms with Gasteiger partial charge in [-0.25, -0.2) is 13.8 Å². The Kier molecular flexibility index (Phi) is 4.85. The normalized spacial score (nSPS) is 10.3. The van der Waals surface area contributed by atoms with Gasteiger partial charge in [0.15, 0.2) is 5.82 Å². The van der Waals surface area contributed by atoms with Crippen LogP contribution in [-0.4, -0.2) is 17.4 Å². The number of amides is 1. The van der Waals surface area contributed by atoms with Gasteiger partial charge >= 0.3 is 0 Å². The number of aromatic nitrogens is 1. The highest BCUT2D eigenvalue weighted by molar-refractivity contribution is 9.10. The van der Waals surface area contributed by atoms with Crippen LogP contribution in [0.15, 0.2) is 34.9 Å². The number of pyridine rings is 1. The number of anilines is 2. The number of nitrogens with zero attached hydrogens (tertiary/aromatic N) is 1. The number of rotatable bonds is 4. The van der Waals surface area contributed by atoms with E-state index in [1.54, 1.807) is 18.3 Å². The number of carbonyl (C=O) groups is 1. The second-order valence-corrected chi connectivity index (χ2v) is 4.98. The molecule has 0 saturated carbocycles. The molecule has 0 bridgehead atoms. The summed E-state index contributed by atoms with van der Waals surface area (Å²) in [6.07, 6.45) is 1.54. The van der Waals surface area contributed by atoms with E-state index < -0.39 is 17.5 Å². The van der Waals surface area contributed by atoms with E-state index >= 15 is 0 Å². The van der Waals surface area contributed by atoms with E-state index in [-0.39, 0.29) is 15.7 Å². The van der Waals surface area contributed by atoms with Crippen LogP contribution in [0.2, 0.25) is 0 Å². The molecule has 21 heavy (non-hydrogen) atoms. The highest BCUT2D eigenvalue weighted by atomic mass is 79.9. The van der Waals surface area contributed by atoms with Gasteiger partial charge in [-0.1, -0.05) is 0 Å². The van der Waals surface area contributed by atoms with Crippen molar-refractivity contribution in [2.45, 2.75) is 6.92 Å². The topological polar surface area (TPSA) is 54.0 Å². The van der Waals surface area contributed by atoms with Gasteiger partial charge in [-0.15, -0.1) is 0 Å². The zero-order valence-electron chi connectivity index (χ0n) is 11.1. The van der Waals surface area contributed by atoms with Gasteiger partial charge in [0.25, 0.3) is 5.91 Å². The maximum absolute atomic E-state index is 13.7. The van der Waals surface area contributed by atoms with Gasteiger partial charge in [0.05, 0.1) is 11.3 Å². The van der Waals surface area contributed by atoms with Crippen molar-refractivity contribution in [2.75, 3.05) is 17.2 Å². The number of carbonyl (C=O) groups excluding carboxylic acids is 1. The van der Waals surface area contributed by atoms with Crippen molar-refractivity contribution in [3.05, 3.63) is 52.1 Å². The summed E-state index contributed by atoms with van der Waals surface area (Å²) in [5.41, 5.74) is 0.155. The van der Waals surface area contributed by atoms with Crippen LogP contribution in [0.25, 0.3) is 0 Å². The largest absolute Gasteiger partial charge is 0.370 e. The maximum atomic E-state index is 13.7. The summed E-state index contributed by atoms with van der Waals surface area (Å²) in [5, 5.41) is 5.36. The van der Waals surface area contributed by atoms with E-state index in [0.29, 0.717) is 18.4 Å². The highest BCUT2D eigenvalue weighted by Crippen LogP contribution is 2.27. The molecule has 0 unspecified atom stereocenters. The lowest BCUT2D eigenvalue weighted by molar-refractivity contribution is 0.102. The molecule has 2 N–H and O–H groups in total. The molecule has 0 aliphatic heterocycles. The molecule has 7 heteroatoms. The predicted octanol–water partition coefficient (Wildman–Crippen LogP) is 3.81. The number of hydrogen-bond donors (Lipinski definition) is 2. The molecular formula is C14H12BrF2N3O. The molecule has 2 rings (SSSR count). The van der Waals surface area contributed by atoms with Crippen LogP contribution < -0.4 is 10.6 Å². The number of nitrogens with one attached hydrogen (secondary N) is 2. The summed E-state index contributed by atoms with van der Waals surface area (Å²) in [6, 6.07) is 4.95. The first-order chi connectivity index (χ1) is 10.0. The van der Waals surface area contributed by atoms with Gasteiger partial charge in [-0.3, -0.25) is 4.79 Å². The van der Waals surface area contributed by atoms with Gasteiger partial charge in [-0.05, 0) is 41.1 Å². The van der Waals surface area contributed by atoms with Crippen molar-refractivity contribution in [3.8, 4) is 0 Å². The van der Waals surface area contributed by atoms with E-state index in [2.05, 4.69) is 31.5 Å². The Bertz CT molecular complexity index is 656. The summed E-state index contributed by atoms with van der Waals surface area (Å²) < 4.78 is 26.9. The minimum absolute atomic E-state index is 0.118. The molecule has 4 nitrogen and oxygen atoms in total. The fourth-order valence-corrected chi connectivity index (χ4v) is 2.25. The standard InChI is InChI=1S/C14H12BrF2N3O/c1-2-18-13-9(4-3-5-19-13)14(21)20-12-10(15)6-8(16)7-11(12)17/h3-7H,2H2,1H3,(H,18,19)(H,20,21). The summed E-state index contributed by atoms with van der Waals surface area (Å²) >= 11 is 3.02. The van der Waals surface area contributed by atoms with E-state index in [4.69, 9.17) is 0 Å². The molecule has 1 aromatic heterocycles. The monoisotopic (exact) mass is 355 g/mol. The van der Waals surface area contributed by atoms with Crippen molar-refractivity contribution >= 4 is 33.3 Å². The van der Waals surface area contributed by atoms with Gasteiger partial charge in [0.2, 0.25) is 0 Å². The van der Waals surface area contributed by atoms with Crippen molar-refractivity contribution in [3.63, 3.8) is 0 Å². The van der Waals surface area contributed by atoms with Crippen molar-refractivity contribution in [2.24, 2.45) is 0 Å². The second-order valence-electron chi connectivity index (χ2n) is 4.13. The fraction of sp³-hybridized carbons (Fsp3) is 0.143. The molecule has 1 amide bonds. The molecular weight excluding hydrogens is 344 g/mol. The first-order valence-electron chi connectivity index (χ1n) is 6.17. The first-order valence-corrected chi connectivity index (χ1v) is 6.97. The smallest absolute Gasteiger partial charge is 0.259 e. The average Bonchev–Trinajstić information content (AvgIpc) is 2.43. The molecule has 0 fully saturated rings. The lowest BCUT2D eigenvalue weighted by atomic mass is 10.2. The van der Waals surface area contributed by atoms with E-state index in [1.165, 1.54) is 0 Å². The number of halogens is 3. The van der Waals surface area contributed by atoms with Crippen molar-refractivity contribution in [1.82, 2.24) is 4.98 Å². The SMILES string of the molecule is CCNc1ncccc1C(=O)Nc1c(F)cc(F)cc1Br. The molecule has 2 aromatic rings. The van der Waals surface area contributed by atoms with Crippen LogP contribution in [0.3, 0.4) is 0 Å². The number of benzene rings is 1. The zero-order valence-corrected chi connectivity index (χ0v) is 12.7. The van der Waals surface area contributed by atoms with Gasteiger partial charge in [0.1, 0.15) is 11.6 Å². The Labute approximate surface area is 128 Å². The van der Waals surface area contributed by atoms with E-state index in [9.17, 15) is 13.6 Å². The minimum atomic E-state index is -0.857. The maximum Gasteiger partial charge on any atom is 0.259 e. The quantitative estimate of drug-likeness (QED) is 0.876. The molecule has 110 valence electrons. The second kappa shape index (κ2) is 6.62. The van der Waals surface area contributed by atoms with E-state index in [0.717, 1.165) is 6.07 Å². The van der Waals surface area contributed by atoms with Gasteiger partial charge in [-0.2, -0.15) is 0 Å². The van der Waals surface area contributed by atoms with Crippen LogP contribution in [0, 0.1) is 11.6 Å². The van der Waals surface area contributed by atoms with Crippen molar-refractivity contribution < 1.29 is 13.6 Å². The molecule has 0 radical (unpaired) electrons. The highest BCUT2D eigenvalue weighted by Gasteiger charge is 2.16. The Morgan fingerprint density at radius 2 is 2.14 bits per heavy atom. The molecule has 0 spiro atoms. The molecule has 1 aromatic carbocycles. The third-order valence-electron chi connectivity index (χ3n) is 2.64. The third-order valence-corrected chi connectivity index (χ3v) is 3.27. The lowest BCUT2D eigenvalue weighted by Crippen LogP contribution is -2.17. The summed E-state index contributed by atoms with van der Waals surface area (Å²) in [6.45, 7) is 2.46. The summed E-state index contributed by atoms with van der Waals surface area (Å²) in [7, 11) is 0. The fourth-order valence-electron chi connectivity index (χ4n) is 1.74. The third kappa shape index (κ3) is 3.55. The van der Waals surface area contributed by atoms with Crippen molar-refractivity contribution in [1.29, 1.82) is 0 Å². The molecule has 0 saturated heterocycles. The van der Waals surface area contributed by atoms with Crippen LogP contribution in [-0.2, 0) is 0 Å². The van der Waals surface area contributed by atoms with Crippen LogP contribution >= 0.6 is 15.9 Å². The zero-order chi connectivity index (χ0) is 15.4. The minimum Gasteiger partial charge on any atom is -0.370 e. The Morgan fingerprint density at radius 1 is 1.38 bits per heavy atom. The van der Waals surface area contributed by atoms with Gasteiger partial charge in [0, 0.05) is 23.3 Å². The van der Waals surface area contributed by atoms with Crippen LogP contribution in [0.5, 0.6) is 0 Å². The summed E-state index contributed by atoms with van der Waals surface area (Å²) in [5.74, 6) is -1.72. The first kappa shape index (κ1) is 15.4. The number of hydrogen-bond acceptors (Lipinski definition) is 3.